The summed E-state index contributed by atoms with van der Waals surface area (Å²) in [6, 6.07) is 7.18. The first-order chi connectivity index (χ1) is 7.20. The number of carbonyl (C=O) groups is 2. The third-order valence-electron chi connectivity index (χ3n) is 3.22. The molecule has 2 atom stereocenters. The Bertz CT molecular complexity index is 431. The zero-order valence-corrected chi connectivity index (χ0v) is 8.43. The molecule has 15 heavy (non-hydrogen) atoms. The van der Waals surface area contributed by atoms with Crippen molar-refractivity contribution >= 4 is 11.8 Å². The molecule has 1 fully saturated rings. The van der Waals surface area contributed by atoms with Crippen LogP contribution in [0.15, 0.2) is 24.3 Å². The molecule has 1 aliphatic carbocycles. The highest BCUT2D eigenvalue weighted by Crippen LogP contribution is 2.39. The molecule has 1 aromatic rings. The van der Waals surface area contributed by atoms with Crippen LogP contribution in [0.1, 0.15) is 34.1 Å². The van der Waals surface area contributed by atoms with Crippen LogP contribution in [0.2, 0.25) is 0 Å². The van der Waals surface area contributed by atoms with Crippen molar-refractivity contribution in [2.75, 3.05) is 0 Å². The molecule has 0 bridgehead atoms. The van der Waals surface area contributed by atoms with Crippen LogP contribution in [-0.4, -0.2) is 22.8 Å². The van der Waals surface area contributed by atoms with Crippen LogP contribution in [0, 0.1) is 5.92 Å². The number of hydrogen-bond acceptors (Lipinski definition) is 2. The van der Waals surface area contributed by atoms with E-state index in [1.807, 2.05) is 0 Å². The van der Waals surface area contributed by atoms with Gasteiger partial charge < -0.3 is 0 Å². The van der Waals surface area contributed by atoms with Gasteiger partial charge in [-0.05, 0) is 24.5 Å². The Morgan fingerprint density at radius 1 is 1.13 bits per heavy atom. The Kier molecular flexibility index (Phi) is 1.55. The smallest absolute Gasteiger partial charge is 0.261 e. The van der Waals surface area contributed by atoms with Crippen molar-refractivity contribution in [3.05, 3.63) is 35.4 Å². The van der Waals surface area contributed by atoms with E-state index in [-0.39, 0.29) is 17.9 Å². The number of amides is 2. The number of benzene rings is 1. The van der Waals surface area contributed by atoms with Crippen molar-refractivity contribution in [1.82, 2.24) is 4.90 Å². The molecule has 2 amide bonds. The van der Waals surface area contributed by atoms with Crippen LogP contribution in [0.25, 0.3) is 0 Å². The maximum Gasteiger partial charge on any atom is 0.261 e. The fourth-order valence-electron chi connectivity index (χ4n) is 2.17. The molecule has 1 heterocycles. The predicted octanol–water partition coefficient (Wildman–Crippen LogP) is 1.69. The molecular weight excluding hydrogens is 190 g/mol. The van der Waals surface area contributed by atoms with Crippen LogP contribution in [0.5, 0.6) is 0 Å². The lowest BCUT2D eigenvalue weighted by Gasteiger charge is -2.12. The van der Waals surface area contributed by atoms with E-state index in [0.717, 1.165) is 6.42 Å². The van der Waals surface area contributed by atoms with Gasteiger partial charge in [-0.25, -0.2) is 0 Å². The topological polar surface area (TPSA) is 37.4 Å². The summed E-state index contributed by atoms with van der Waals surface area (Å²) in [7, 11) is 0. The summed E-state index contributed by atoms with van der Waals surface area (Å²) in [5, 5.41) is 0. The number of rotatable bonds is 1. The average Bonchev–Trinajstić information content (AvgIpc) is 2.89. The molecule has 2 aliphatic rings. The molecule has 3 rings (SSSR count). The molecule has 0 saturated heterocycles. The van der Waals surface area contributed by atoms with Crippen LogP contribution in [0.3, 0.4) is 0 Å². The Morgan fingerprint density at radius 2 is 1.60 bits per heavy atom. The summed E-state index contributed by atoms with van der Waals surface area (Å²) >= 11 is 0. The highest BCUT2D eigenvalue weighted by atomic mass is 16.2. The Labute approximate surface area is 87.7 Å². The Balaban J connectivity index is 2.05. The zero-order chi connectivity index (χ0) is 10.6. The van der Waals surface area contributed by atoms with E-state index in [2.05, 4.69) is 6.92 Å². The van der Waals surface area contributed by atoms with E-state index in [1.54, 1.807) is 24.3 Å². The number of hydrogen-bond donors (Lipinski definition) is 0. The summed E-state index contributed by atoms with van der Waals surface area (Å²) < 4.78 is 0. The molecule has 76 valence electrons. The van der Waals surface area contributed by atoms with E-state index in [1.165, 1.54) is 4.90 Å². The lowest BCUT2D eigenvalue weighted by atomic mass is 10.1. The van der Waals surface area contributed by atoms with E-state index >= 15 is 0 Å². The van der Waals surface area contributed by atoms with Crippen molar-refractivity contribution < 1.29 is 9.59 Å². The number of nitrogens with zero attached hydrogens (tertiary/aromatic N) is 1. The minimum atomic E-state index is -0.120. The van der Waals surface area contributed by atoms with Gasteiger partial charge in [0.25, 0.3) is 11.8 Å². The van der Waals surface area contributed by atoms with Crippen LogP contribution in [0.4, 0.5) is 0 Å². The predicted molar refractivity (Wildman–Crippen MR) is 54.5 cm³/mol. The Hall–Kier alpha value is -1.64. The van der Waals surface area contributed by atoms with Crippen molar-refractivity contribution in [3.63, 3.8) is 0 Å². The summed E-state index contributed by atoms with van der Waals surface area (Å²) in [6.45, 7) is 2.06. The summed E-state index contributed by atoms with van der Waals surface area (Å²) in [5.41, 5.74) is 1.11. The molecule has 0 spiro atoms. The monoisotopic (exact) mass is 201 g/mol. The molecule has 3 heteroatoms. The highest BCUT2D eigenvalue weighted by molar-refractivity contribution is 6.21. The van der Waals surface area contributed by atoms with Crippen molar-refractivity contribution in [1.29, 1.82) is 0 Å². The quantitative estimate of drug-likeness (QED) is 0.648. The third-order valence-corrected chi connectivity index (χ3v) is 3.22. The summed E-state index contributed by atoms with van der Waals surface area (Å²) in [6.07, 6.45) is 0.950. The van der Waals surface area contributed by atoms with Crippen LogP contribution >= 0.6 is 0 Å². The van der Waals surface area contributed by atoms with E-state index < -0.39 is 0 Å². The fourth-order valence-corrected chi connectivity index (χ4v) is 2.17. The van der Waals surface area contributed by atoms with Gasteiger partial charge in [-0.3, -0.25) is 14.5 Å². The first-order valence-corrected chi connectivity index (χ1v) is 5.17. The third kappa shape index (κ3) is 1.06. The van der Waals surface area contributed by atoms with Gasteiger partial charge >= 0.3 is 0 Å². The van der Waals surface area contributed by atoms with Gasteiger partial charge in [0, 0.05) is 6.04 Å². The van der Waals surface area contributed by atoms with Crippen molar-refractivity contribution in [2.24, 2.45) is 5.92 Å². The lowest BCUT2D eigenvalue weighted by molar-refractivity contribution is 0.0635. The molecule has 1 saturated carbocycles. The van der Waals surface area contributed by atoms with Gasteiger partial charge in [-0.1, -0.05) is 19.1 Å². The summed E-state index contributed by atoms with van der Waals surface area (Å²) in [4.78, 5) is 25.3. The molecule has 0 aromatic heterocycles. The van der Waals surface area contributed by atoms with Crippen LogP contribution < -0.4 is 0 Å². The van der Waals surface area contributed by atoms with Gasteiger partial charge in [-0.2, -0.15) is 0 Å². The average molecular weight is 201 g/mol. The number of fused-ring (bicyclic) bond motifs is 1. The van der Waals surface area contributed by atoms with E-state index in [0.29, 0.717) is 17.0 Å². The lowest BCUT2D eigenvalue weighted by Crippen LogP contribution is -2.32. The highest BCUT2D eigenvalue weighted by Gasteiger charge is 2.48. The molecule has 0 N–H and O–H groups in total. The maximum absolute atomic E-state index is 11.9. The SMILES string of the molecule is C[C@@H]1CC1N1C(=O)c2ccccc2C1=O. The van der Waals surface area contributed by atoms with Gasteiger partial charge in [0.2, 0.25) is 0 Å². The molecule has 0 radical (unpaired) electrons. The second kappa shape index (κ2) is 2.69. The number of imide groups is 1. The molecular formula is C12H11NO2. The first-order valence-electron chi connectivity index (χ1n) is 5.17. The second-order valence-electron chi connectivity index (χ2n) is 4.31. The molecule has 1 unspecified atom stereocenters. The van der Waals surface area contributed by atoms with Gasteiger partial charge in [0.05, 0.1) is 11.1 Å². The second-order valence-corrected chi connectivity index (χ2v) is 4.31. The van der Waals surface area contributed by atoms with Gasteiger partial charge in [0.15, 0.2) is 0 Å². The standard InChI is InChI=1S/C12H11NO2/c1-7-6-10(7)13-11(14)8-4-2-3-5-9(8)12(13)15/h2-5,7,10H,6H2,1H3/t7-,10?/m1/s1. The fraction of sp³-hybridized carbons (Fsp3) is 0.333. The van der Waals surface area contributed by atoms with Crippen molar-refractivity contribution in [3.8, 4) is 0 Å². The first kappa shape index (κ1) is 8.65. The molecule has 1 aromatic carbocycles. The minimum absolute atomic E-state index is 0.120. The van der Waals surface area contributed by atoms with E-state index in [9.17, 15) is 9.59 Å². The van der Waals surface area contributed by atoms with Crippen molar-refractivity contribution in [2.45, 2.75) is 19.4 Å². The summed E-state index contributed by atoms with van der Waals surface area (Å²) in [5.74, 6) is 0.224. The van der Waals surface area contributed by atoms with E-state index in [4.69, 9.17) is 0 Å². The maximum atomic E-state index is 11.9. The molecule has 3 nitrogen and oxygen atoms in total. The largest absolute Gasteiger partial charge is 0.271 e. The number of carbonyl (C=O) groups excluding carboxylic acids is 2. The Morgan fingerprint density at radius 3 is 2.00 bits per heavy atom. The normalized spacial score (nSPS) is 28.2. The van der Waals surface area contributed by atoms with Gasteiger partial charge in [-0.15, -0.1) is 0 Å². The minimum Gasteiger partial charge on any atom is -0.271 e. The zero-order valence-electron chi connectivity index (χ0n) is 8.43. The van der Waals surface area contributed by atoms with Crippen LogP contribution in [-0.2, 0) is 0 Å². The molecule has 1 aliphatic heterocycles. The van der Waals surface area contributed by atoms with Gasteiger partial charge in [0.1, 0.15) is 0 Å².